The van der Waals surface area contributed by atoms with Gasteiger partial charge in [0.25, 0.3) is 5.69 Å². The molecule has 0 fully saturated rings. The summed E-state index contributed by atoms with van der Waals surface area (Å²) >= 11 is 0. The van der Waals surface area contributed by atoms with E-state index in [4.69, 9.17) is 0 Å². The number of benzene rings is 1. The van der Waals surface area contributed by atoms with Gasteiger partial charge in [-0.05, 0) is 13.0 Å². The molecule has 1 aromatic heterocycles. The van der Waals surface area contributed by atoms with Gasteiger partial charge in [0.05, 0.1) is 28.7 Å². The topological polar surface area (TPSA) is 70.2 Å². The number of nitrogens with zero attached hydrogens (tertiary/aromatic N) is 3. The number of nitro groups is 1. The predicted octanol–water partition coefficient (Wildman–Crippen LogP) is 2.99. The van der Waals surface area contributed by atoms with Gasteiger partial charge >= 0.3 is 6.36 Å². The number of non-ortho nitro benzene ring substituents is 1. The van der Waals surface area contributed by atoms with Crippen LogP contribution in [0, 0.1) is 17.0 Å². The van der Waals surface area contributed by atoms with Crippen molar-refractivity contribution in [3.05, 3.63) is 46.5 Å². The maximum Gasteiger partial charge on any atom is 0.573 e. The molecule has 9 heteroatoms. The Labute approximate surface area is 110 Å². The van der Waals surface area contributed by atoms with Crippen LogP contribution in [0.25, 0.3) is 5.69 Å². The van der Waals surface area contributed by atoms with E-state index in [9.17, 15) is 23.3 Å². The van der Waals surface area contributed by atoms with E-state index in [2.05, 4.69) is 9.72 Å². The zero-order valence-corrected chi connectivity index (χ0v) is 10.1. The van der Waals surface area contributed by atoms with E-state index in [0.717, 1.165) is 12.1 Å². The van der Waals surface area contributed by atoms with Gasteiger partial charge in [-0.2, -0.15) is 0 Å². The van der Waals surface area contributed by atoms with Crippen molar-refractivity contribution in [3.8, 4) is 11.4 Å². The van der Waals surface area contributed by atoms with E-state index in [1.165, 1.54) is 23.2 Å². The first-order chi connectivity index (χ1) is 9.26. The highest BCUT2D eigenvalue weighted by atomic mass is 19.4. The van der Waals surface area contributed by atoms with Crippen LogP contribution < -0.4 is 4.74 Å². The van der Waals surface area contributed by atoms with Gasteiger partial charge < -0.3 is 9.30 Å². The third-order valence-electron chi connectivity index (χ3n) is 2.37. The fourth-order valence-corrected chi connectivity index (χ4v) is 1.59. The highest BCUT2D eigenvalue weighted by Crippen LogP contribution is 2.32. The molecule has 0 aliphatic heterocycles. The molecule has 0 amide bonds. The molecule has 0 unspecified atom stereocenters. The fourth-order valence-electron chi connectivity index (χ4n) is 1.59. The minimum Gasteiger partial charge on any atom is -0.403 e. The van der Waals surface area contributed by atoms with Crippen LogP contribution in [0.3, 0.4) is 0 Å². The second-order valence-corrected chi connectivity index (χ2v) is 3.88. The number of ether oxygens (including phenoxy) is 1. The molecule has 20 heavy (non-hydrogen) atoms. The Kier molecular flexibility index (Phi) is 3.35. The number of rotatable bonds is 3. The molecule has 0 N–H and O–H groups in total. The summed E-state index contributed by atoms with van der Waals surface area (Å²) in [7, 11) is 0. The van der Waals surface area contributed by atoms with Crippen molar-refractivity contribution in [1.29, 1.82) is 0 Å². The van der Waals surface area contributed by atoms with Gasteiger partial charge in [-0.15, -0.1) is 13.2 Å². The van der Waals surface area contributed by atoms with Crippen LogP contribution in [0.1, 0.15) is 5.69 Å². The first-order valence-electron chi connectivity index (χ1n) is 5.31. The van der Waals surface area contributed by atoms with Crippen LogP contribution in [0.5, 0.6) is 5.75 Å². The summed E-state index contributed by atoms with van der Waals surface area (Å²) < 4.78 is 42.2. The molecule has 0 spiro atoms. The molecule has 0 aliphatic carbocycles. The maximum absolute atomic E-state index is 12.4. The molecule has 1 heterocycles. The van der Waals surface area contributed by atoms with E-state index < -0.39 is 22.7 Å². The molecular formula is C11H8F3N3O3. The maximum atomic E-state index is 12.4. The Bertz CT molecular complexity index is 652. The van der Waals surface area contributed by atoms with Crippen LogP contribution in [0.2, 0.25) is 0 Å². The second-order valence-electron chi connectivity index (χ2n) is 3.88. The Morgan fingerprint density at radius 3 is 2.60 bits per heavy atom. The standard InChI is InChI=1S/C11H8F3N3O3/c1-7-5-16(6-15-7)9-3-2-8(17(18)19)4-10(9)20-11(12,13)14/h2-6H,1H3. The lowest BCUT2D eigenvalue weighted by atomic mass is 10.2. The van der Waals surface area contributed by atoms with Gasteiger partial charge in [-0.3, -0.25) is 10.1 Å². The molecule has 0 aliphatic rings. The minimum absolute atomic E-state index is 0.00789. The third kappa shape index (κ3) is 3.05. The van der Waals surface area contributed by atoms with Crippen LogP contribution in [0.4, 0.5) is 18.9 Å². The molecule has 0 atom stereocenters. The third-order valence-corrected chi connectivity index (χ3v) is 2.37. The van der Waals surface area contributed by atoms with Crippen molar-refractivity contribution >= 4 is 5.69 Å². The molecule has 6 nitrogen and oxygen atoms in total. The first kappa shape index (κ1) is 13.8. The number of alkyl halides is 3. The Balaban J connectivity index is 2.52. The zero-order valence-electron chi connectivity index (χ0n) is 10.1. The summed E-state index contributed by atoms with van der Waals surface area (Å²) in [5.41, 5.74) is 0.0969. The van der Waals surface area contributed by atoms with Crippen LogP contribution in [0.15, 0.2) is 30.7 Å². The number of hydrogen-bond donors (Lipinski definition) is 0. The predicted molar refractivity (Wildman–Crippen MR) is 61.6 cm³/mol. The number of hydrogen-bond acceptors (Lipinski definition) is 4. The number of aromatic nitrogens is 2. The summed E-state index contributed by atoms with van der Waals surface area (Å²) in [5.74, 6) is -0.663. The van der Waals surface area contributed by atoms with E-state index in [-0.39, 0.29) is 5.69 Å². The molecule has 2 rings (SSSR count). The van der Waals surface area contributed by atoms with Gasteiger partial charge in [0.15, 0.2) is 5.75 Å². The highest BCUT2D eigenvalue weighted by molar-refractivity contribution is 5.53. The molecule has 0 bridgehead atoms. The fraction of sp³-hybridized carbons (Fsp3) is 0.182. The average molecular weight is 287 g/mol. The van der Waals surface area contributed by atoms with E-state index in [0.29, 0.717) is 5.69 Å². The first-order valence-corrected chi connectivity index (χ1v) is 5.31. The molecule has 106 valence electrons. The lowest BCUT2D eigenvalue weighted by molar-refractivity contribution is -0.385. The molecule has 0 radical (unpaired) electrons. The molecule has 0 saturated carbocycles. The molecule has 1 aromatic carbocycles. The number of imidazole rings is 1. The summed E-state index contributed by atoms with van der Waals surface area (Å²) in [6.07, 6.45) is -2.18. The summed E-state index contributed by atoms with van der Waals surface area (Å²) in [6, 6.07) is 2.98. The number of aryl methyl sites for hydroxylation is 1. The molecule has 0 saturated heterocycles. The normalized spacial score (nSPS) is 11.4. The van der Waals surface area contributed by atoms with Crippen molar-refractivity contribution in [3.63, 3.8) is 0 Å². The van der Waals surface area contributed by atoms with Gasteiger partial charge in [-0.25, -0.2) is 4.98 Å². The van der Waals surface area contributed by atoms with Crippen molar-refractivity contribution in [2.45, 2.75) is 13.3 Å². The van der Waals surface area contributed by atoms with Gasteiger partial charge in [0.2, 0.25) is 0 Å². The van der Waals surface area contributed by atoms with E-state index >= 15 is 0 Å². The Morgan fingerprint density at radius 1 is 1.40 bits per heavy atom. The number of nitro benzene ring substituents is 1. The largest absolute Gasteiger partial charge is 0.573 e. The van der Waals surface area contributed by atoms with Crippen molar-refractivity contribution in [2.24, 2.45) is 0 Å². The highest BCUT2D eigenvalue weighted by Gasteiger charge is 2.33. The van der Waals surface area contributed by atoms with E-state index in [1.54, 1.807) is 6.92 Å². The van der Waals surface area contributed by atoms with Gasteiger partial charge in [0.1, 0.15) is 0 Å². The van der Waals surface area contributed by atoms with Crippen LogP contribution in [-0.4, -0.2) is 20.8 Å². The van der Waals surface area contributed by atoms with Gasteiger partial charge in [0, 0.05) is 12.3 Å². The second kappa shape index (κ2) is 4.83. The average Bonchev–Trinajstić information content (AvgIpc) is 2.73. The lowest BCUT2D eigenvalue weighted by Gasteiger charge is -2.13. The zero-order chi connectivity index (χ0) is 14.9. The van der Waals surface area contributed by atoms with Crippen molar-refractivity contribution in [1.82, 2.24) is 9.55 Å². The summed E-state index contributed by atoms with van der Waals surface area (Å²) in [4.78, 5) is 13.7. The lowest BCUT2D eigenvalue weighted by Crippen LogP contribution is -2.18. The summed E-state index contributed by atoms with van der Waals surface area (Å²) in [6.45, 7) is 1.66. The minimum atomic E-state index is -4.94. The Morgan fingerprint density at radius 2 is 2.10 bits per heavy atom. The Hall–Kier alpha value is -2.58. The van der Waals surface area contributed by atoms with E-state index in [1.807, 2.05) is 0 Å². The number of halogens is 3. The molecule has 2 aromatic rings. The van der Waals surface area contributed by atoms with Crippen molar-refractivity contribution in [2.75, 3.05) is 0 Å². The smallest absolute Gasteiger partial charge is 0.403 e. The summed E-state index contributed by atoms with van der Waals surface area (Å²) in [5, 5.41) is 10.6. The quantitative estimate of drug-likeness (QED) is 0.642. The monoisotopic (exact) mass is 287 g/mol. The van der Waals surface area contributed by atoms with Crippen LogP contribution >= 0.6 is 0 Å². The molecular weight excluding hydrogens is 279 g/mol. The van der Waals surface area contributed by atoms with Crippen LogP contribution in [-0.2, 0) is 0 Å². The van der Waals surface area contributed by atoms with Crippen molar-refractivity contribution < 1.29 is 22.8 Å². The van der Waals surface area contributed by atoms with Gasteiger partial charge in [-0.1, -0.05) is 0 Å². The SMILES string of the molecule is Cc1cn(-c2ccc([N+](=O)[O-])cc2OC(F)(F)F)cn1.